The molecule has 1 aliphatic rings. The van der Waals surface area contributed by atoms with E-state index in [-0.39, 0.29) is 6.03 Å². The molecular weight excluding hydrogens is 212 g/mol. The van der Waals surface area contributed by atoms with E-state index < -0.39 is 10.8 Å². The van der Waals surface area contributed by atoms with Gasteiger partial charge in [-0.15, -0.1) is 0 Å². The standard InChI is InChI=1S/C10H20N2O2S/c1-15(14)9-5-6-11-10(13)12-7-3-2-4-8-12/h2-9H2,1H3,(H,11,13). The summed E-state index contributed by atoms with van der Waals surface area (Å²) in [5.41, 5.74) is 0. The van der Waals surface area contributed by atoms with Gasteiger partial charge in [-0.05, 0) is 25.7 Å². The molecule has 4 nitrogen and oxygen atoms in total. The molecule has 1 unspecified atom stereocenters. The monoisotopic (exact) mass is 232 g/mol. The van der Waals surface area contributed by atoms with Crippen molar-refractivity contribution < 1.29 is 9.00 Å². The maximum Gasteiger partial charge on any atom is 0.317 e. The molecule has 0 aliphatic carbocycles. The van der Waals surface area contributed by atoms with Crippen LogP contribution >= 0.6 is 0 Å². The molecule has 15 heavy (non-hydrogen) atoms. The van der Waals surface area contributed by atoms with Crippen LogP contribution in [0.25, 0.3) is 0 Å². The van der Waals surface area contributed by atoms with E-state index in [1.807, 2.05) is 4.90 Å². The fraction of sp³-hybridized carbons (Fsp3) is 0.900. The first-order valence-electron chi connectivity index (χ1n) is 5.53. The first-order chi connectivity index (χ1) is 7.20. The Morgan fingerprint density at radius 1 is 1.33 bits per heavy atom. The third kappa shape index (κ3) is 5.16. The third-order valence-electron chi connectivity index (χ3n) is 2.53. The maximum atomic E-state index is 11.6. The van der Waals surface area contributed by atoms with Crippen LogP contribution in [0.5, 0.6) is 0 Å². The van der Waals surface area contributed by atoms with Crippen LogP contribution in [0, 0.1) is 0 Å². The Morgan fingerprint density at radius 3 is 2.60 bits per heavy atom. The molecule has 0 radical (unpaired) electrons. The van der Waals surface area contributed by atoms with Crippen molar-refractivity contribution in [3.05, 3.63) is 0 Å². The summed E-state index contributed by atoms with van der Waals surface area (Å²) in [7, 11) is -0.750. The lowest BCUT2D eigenvalue weighted by atomic mass is 10.1. The summed E-state index contributed by atoms with van der Waals surface area (Å²) in [6.07, 6.45) is 5.95. The quantitative estimate of drug-likeness (QED) is 0.734. The largest absolute Gasteiger partial charge is 0.338 e. The Balaban J connectivity index is 2.09. The van der Waals surface area contributed by atoms with Gasteiger partial charge in [0, 0.05) is 42.4 Å². The van der Waals surface area contributed by atoms with Crippen molar-refractivity contribution in [2.45, 2.75) is 25.7 Å². The lowest BCUT2D eigenvalue weighted by molar-refractivity contribution is 0.186. The molecule has 1 N–H and O–H groups in total. The molecule has 0 aromatic carbocycles. The van der Waals surface area contributed by atoms with Crippen molar-refractivity contribution in [3.8, 4) is 0 Å². The molecule has 88 valence electrons. The number of piperidine rings is 1. The van der Waals surface area contributed by atoms with Crippen LogP contribution in [-0.4, -0.2) is 46.8 Å². The van der Waals surface area contributed by atoms with E-state index in [9.17, 15) is 9.00 Å². The predicted octanol–water partition coefficient (Wildman–Crippen LogP) is 0.950. The van der Waals surface area contributed by atoms with Crippen LogP contribution in [0.1, 0.15) is 25.7 Å². The molecule has 1 atom stereocenters. The minimum atomic E-state index is -0.750. The van der Waals surface area contributed by atoms with Crippen LogP contribution in [0.4, 0.5) is 4.79 Å². The lowest BCUT2D eigenvalue weighted by Crippen LogP contribution is -2.43. The highest BCUT2D eigenvalue weighted by molar-refractivity contribution is 7.84. The Hall–Kier alpha value is -0.580. The highest BCUT2D eigenvalue weighted by atomic mass is 32.2. The number of carbonyl (C=O) groups excluding carboxylic acids is 1. The summed E-state index contributed by atoms with van der Waals surface area (Å²) in [5.74, 6) is 0.667. The molecule has 1 heterocycles. The Morgan fingerprint density at radius 2 is 2.00 bits per heavy atom. The van der Waals surface area contributed by atoms with Crippen molar-refractivity contribution in [3.63, 3.8) is 0 Å². The number of carbonyl (C=O) groups is 1. The fourth-order valence-corrected chi connectivity index (χ4v) is 2.23. The van der Waals surface area contributed by atoms with Crippen molar-refractivity contribution in [1.29, 1.82) is 0 Å². The molecule has 1 rings (SSSR count). The zero-order valence-corrected chi connectivity index (χ0v) is 10.1. The topological polar surface area (TPSA) is 49.4 Å². The number of hydrogen-bond donors (Lipinski definition) is 1. The molecule has 0 aromatic rings. The van der Waals surface area contributed by atoms with Crippen LogP contribution in [-0.2, 0) is 10.8 Å². The molecule has 1 aliphatic heterocycles. The number of rotatable bonds is 4. The van der Waals surface area contributed by atoms with E-state index in [0.717, 1.165) is 32.4 Å². The van der Waals surface area contributed by atoms with Crippen LogP contribution < -0.4 is 5.32 Å². The molecule has 0 saturated carbocycles. The van der Waals surface area contributed by atoms with Gasteiger partial charge in [0.25, 0.3) is 0 Å². The van der Waals surface area contributed by atoms with Gasteiger partial charge in [-0.2, -0.15) is 0 Å². The highest BCUT2D eigenvalue weighted by Crippen LogP contribution is 2.08. The Labute approximate surface area is 93.9 Å². The molecule has 0 aromatic heterocycles. The first kappa shape index (κ1) is 12.5. The minimum absolute atomic E-state index is 0.0385. The number of urea groups is 1. The van der Waals surface area contributed by atoms with Gasteiger partial charge in [-0.1, -0.05) is 0 Å². The van der Waals surface area contributed by atoms with Crippen LogP contribution in [0.2, 0.25) is 0 Å². The van der Waals surface area contributed by atoms with Gasteiger partial charge in [-0.3, -0.25) is 4.21 Å². The van der Waals surface area contributed by atoms with Gasteiger partial charge < -0.3 is 10.2 Å². The normalized spacial score (nSPS) is 18.6. The van der Waals surface area contributed by atoms with Crippen molar-refractivity contribution >= 4 is 16.8 Å². The highest BCUT2D eigenvalue weighted by Gasteiger charge is 2.15. The second-order valence-electron chi connectivity index (χ2n) is 3.91. The smallest absolute Gasteiger partial charge is 0.317 e. The second-order valence-corrected chi connectivity index (χ2v) is 5.47. The Kier molecular flexibility index (Phi) is 5.68. The average molecular weight is 232 g/mol. The van der Waals surface area contributed by atoms with E-state index in [4.69, 9.17) is 0 Å². The third-order valence-corrected chi connectivity index (χ3v) is 3.39. The Bertz CT molecular complexity index is 227. The molecule has 1 fully saturated rings. The van der Waals surface area contributed by atoms with Gasteiger partial charge in [0.05, 0.1) is 0 Å². The van der Waals surface area contributed by atoms with E-state index in [1.54, 1.807) is 6.26 Å². The van der Waals surface area contributed by atoms with Gasteiger partial charge in [0.1, 0.15) is 0 Å². The van der Waals surface area contributed by atoms with Crippen molar-refractivity contribution in [1.82, 2.24) is 10.2 Å². The van der Waals surface area contributed by atoms with Gasteiger partial charge >= 0.3 is 6.03 Å². The molecule has 0 bridgehead atoms. The SMILES string of the molecule is CS(=O)CCCNC(=O)N1CCCCC1. The molecule has 1 saturated heterocycles. The number of likely N-dealkylation sites (tertiary alicyclic amines) is 1. The summed E-state index contributed by atoms with van der Waals surface area (Å²) in [6, 6.07) is 0.0385. The maximum absolute atomic E-state index is 11.6. The molecule has 0 spiro atoms. The second kappa shape index (κ2) is 6.82. The van der Waals surface area contributed by atoms with E-state index in [2.05, 4.69) is 5.32 Å². The molecule has 5 heteroatoms. The van der Waals surface area contributed by atoms with Crippen molar-refractivity contribution in [2.24, 2.45) is 0 Å². The lowest BCUT2D eigenvalue weighted by Gasteiger charge is -2.26. The fourth-order valence-electron chi connectivity index (χ4n) is 1.68. The summed E-state index contributed by atoms with van der Waals surface area (Å²) in [4.78, 5) is 13.4. The van der Waals surface area contributed by atoms with Crippen molar-refractivity contribution in [2.75, 3.05) is 31.6 Å². The zero-order chi connectivity index (χ0) is 11.1. The minimum Gasteiger partial charge on any atom is -0.338 e. The predicted molar refractivity (Wildman–Crippen MR) is 62.4 cm³/mol. The van der Waals surface area contributed by atoms with Crippen LogP contribution in [0.3, 0.4) is 0 Å². The van der Waals surface area contributed by atoms with Gasteiger partial charge in [0.2, 0.25) is 0 Å². The van der Waals surface area contributed by atoms with Gasteiger partial charge in [-0.25, -0.2) is 4.79 Å². The van der Waals surface area contributed by atoms with Crippen LogP contribution in [0.15, 0.2) is 0 Å². The average Bonchev–Trinajstić information content (AvgIpc) is 2.25. The first-order valence-corrected chi connectivity index (χ1v) is 7.25. The van der Waals surface area contributed by atoms with E-state index >= 15 is 0 Å². The molecule has 2 amide bonds. The summed E-state index contributed by atoms with van der Waals surface area (Å²) >= 11 is 0. The number of hydrogen-bond acceptors (Lipinski definition) is 2. The van der Waals surface area contributed by atoms with E-state index in [0.29, 0.717) is 12.3 Å². The molecular formula is C10H20N2O2S. The summed E-state index contributed by atoms with van der Waals surface area (Å²) in [5, 5.41) is 2.86. The number of nitrogens with zero attached hydrogens (tertiary/aromatic N) is 1. The zero-order valence-electron chi connectivity index (χ0n) is 9.33. The summed E-state index contributed by atoms with van der Waals surface area (Å²) in [6.45, 7) is 2.39. The van der Waals surface area contributed by atoms with Gasteiger partial charge in [0.15, 0.2) is 0 Å². The number of amides is 2. The van der Waals surface area contributed by atoms with E-state index in [1.165, 1.54) is 6.42 Å². The number of nitrogens with one attached hydrogen (secondary N) is 1. The summed E-state index contributed by atoms with van der Waals surface area (Å²) < 4.78 is 10.8.